The Hall–Kier alpha value is -0.680. The minimum absolute atomic E-state index is 0.293. The van der Waals surface area contributed by atoms with Crippen LogP contribution in [0.4, 0.5) is 0 Å². The van der Waals surface area contributed by atoms with E-state index in [9.17, 15) is 0 Å². The van der Waals surface area contributed by atoms with E-state index < -0.39 is 12.3 Å². The molecule has 0 aliphatic heterocycles. The van der Waals surface area contributed by atoms with E-state index in [0.717, 1.165) is 0 Å². The summed E-state index contributed by atoms with van der Waals surface area (Å²) >= 11 is 0. The SMILES string of the molecule is C=CC(CN)OC(N)C(O)C=C. The molecule has 3 atom stereocenters. The fourth-order valence-electron chi connectivity index (χ4n) is 0.624. The van der Waals surface area contributed by atoms with Crippen LogP contribution in [0, 0.1) is 0 Å². The first kappa shape index (κ1) is 11.3. The van der Waals surface area contributed by atoms with Crippen LogP contribution in [0.2, 0.25) is 0 Å². The minimum Gasteiger partial charge on any atom is -0.385 e. The fraction of sp³-hybridized carbons (Fsp3) is 0.500. The topological polar surface area (TPSA) is 81.5 Å². The third-order valence-electron chi connectivity index (χ3n) is 1.41. The predicted octanol–water partition coefficient (Wildman–Crippen LogP) is -0.652. The Labute approximate surface area is 72.5 Å². The zero-order valence-corrected chi connectivity index (χ0v) is 7.02. The molecule has 70 valence electrons. The van der Waals surface area contributed by atoms with Crippen LogP contribution in [0.5, 0.6) is 0 Å². The highest BCUT2D eigenvalue weighted by Crippen LogP contribution is 1.99. The number of hydrogen-bond acceptors (Lipinski definition) is 4. The molecule has 5 N–H and O–H groups in total. The van der Waals surface area contributed by atoms with Crippen molar-refractivity contribution in [1.29, 1.82) is 0 Å². The summed E-state index contributed by atoms with van der Waals surface area (Å²) in [4.78, 5) is 0. The van der Waals surface area contributed by atoms with Crippen LogP contribution in [0.3, 0.4) is 0 Å². The van der Waals surface area contributed by atoms with E-state index >= 15 is 0 Å². The van der Waals surface area contributed by atoms with E-state index in [1.807, 2.05) is 0 Å². The first-order valence-corrected chi connectivity index (χ1v) is 3.70. The van der Waals surface area contributed by atoms with E-state index in [4.69, 9.17) is 21.3 Å². The number of hydrogen-bond donors (Lipinski definition) is 3. The first-order valence-electron chi connectivity index (χ1n) is 3.70. The van der Waals surface area contributed by atoms with E-state index in [1.165, 1.54) is 12.2 Å². The lowest BCUT2D eigenvalue weighted by atomic mass is 10.3. The Morgan fingerprint density at radius 2 is 2.00 bits per heavy atom. The molecule has 0 aromatic rings. The summed E-state index contributed by atoms with van der Waals surface area (Å²) in [6.07, 6.45) is 0.847. The summed E-state index contributed by atoms with van der Waals surface area (Å²) in [5.74, 6) is 0. The molecular formula is C8H16N2O2. The lowest BCUT2D eigenvalue weighted by molar-refractivity contribution is -0.0371. The fourth-order valence-corrected chi connectivity index (χ4v) is 0.624. The molecule has 4 nitrogen and oxygen atoms in total. The van der Waals surface area contributed by atoms with Crippen molar-refractivity contribution >= 4 is 0 Å². The quantitative estimate of drug-likeness (QED) is 0.367. The van der Waals surface area contributed by atoms with E-state index in [0.29, 0.717) is 6.54 Å². The molecule has 0 spiro atoms. The second-order valence-corrected chi connectivity index (χ2v) is 2.34. The number of rotatable bonds is 6. The van der Waals surface area contributed by atoms with E-state index in [1.54, 1.807) is 0 Å². The molecular weight excluding hydrogens is 156 g/mol. The third kappa shape index (κ3) is 3.64. The van der Waals surface area contributed by atoms with E-state index in [2.05, 4.69) is 13.2 Å². The van der Waals surface area contributed by atoms with Crippen LogP contribution in [0.25, 0.3) is 0 Å². The van der Waals surface area contributed by atoms with Gasteiger partial charge in [-0.2, -0.15) is 0 Å². The van der Waals surface area contributed by atoms with Gasteiger partial charge in [0.25, 0.3) is 0 Å². The summed E-state index contributed by atoms with van der Waals surface area (Å²) in [6, 6.07) is 0. The van der Waals surface area contributed by atoms with Crippen molar-refractivity contribution in [2.24, 2.45) is 11.5 Å². The van der Waals surface area contributed by atoms with Gasteiger partial charge in [0.2, 0.25) is 0 Å². The molecule has 0 bridgehead atoms. The van der Waals surface area contributed by atoms with Crippen LogP contribution >= 0.6 is 0 Å². The van der Waals surface area contributed by atoms with Gasteiger partial charge in [0.15, 0.2) is 0 Å². The number of aliphatic hydroxyl groups excluding tert-OH is 1. The Kier molecular flexibility index (Phi) is 5.57. The maximum Gasteiger partial charge on any atom is 0.136 e. The molecule has 0 saturated heterocycles. The molecule has 12 heavy (non-hydrogen) atoms. The molecule has 0 rings (SSSR count). The molecule has 0 saturated carbocycles. The van der Waals surface area contributed by atoms with E-state index in [-0.39, 0.29) is 6.10 Å². The molecule has 0 fully saturated rings. The van der Waals surface area contributed by atoms with Crippen molar-refractivity contribution in [2.75, 3.05) is 6.54 Å². The molecule has 0 radical (unpaired) electrons. The maximum atomic E-state index is 9.12. The normalized spacial score (nSPS) is 17.9. The van der Waals surface area contributed by atoms with Crippen molar-refractivity contribution in [2.45, 2.75) is 18.4 Å². The number of nitrogens with two attached hydrogens (primary N) is 2. The van der Waals surface area contributed by atoms with Crippen LogP contribution in [0.1, 0.15) is 0 Å². The second kappa shape index (κ2) is 5.91. The molecule has 3 unspecified atom stereocenters. The third-order valence-corrected chi connectivity index (χ3v) is 1.41. The summed E-state index contributed by atoms with van der Waals surface area (Å²) in [5.41, 5.74) is 10.7. The molecule has 4 heteroatoms. The van der Waals surface area contributed by atoms with Gasteiger partial charge in [-0.25, -0.2) is 0 Å². The number of aliphatic hydroxyl groups is 1. The van der Waals surface area contributed by atoms with Crippen molar-refractivity contribution in [3.63, 3.8) is 0 Å². The van der Waals surface area contributed by atoms with Gasteiger partial charge in [-0.15, -0.1) is 13.2 Å². The maximum absolute atomic E-state index is 9.12. The van der Waals surface area contributed by atoms with Gasteiger partial charge >= 0.3 is 0 Å². The highest BCUT2D eigenvalue weighted by molar-refractivity contribution is 4.86. The Bertz CT molecular complexity index is 150. The van der Waals surface area contributed by atoms with Gasteiger partial charge in [-0.1, -0.05) is 12.2 Å². The lowest BCUT2D eigenvalue weighted by Gasteiger charge is -2.20. The Morgan fingerprint density at radius 3 is 2.33 bits per heavy atom. The zero-order valence-electron chi connectivity index (χ0n) is 7.02. The molecule has 0 aliphatic rings. The van der Waals surface area contributed by atoms with Crippen LogP contribution < -0.4 is 11.5 Å². The number of ether oxygens (including phenoxy) is 1. The summed E-state index contributed by atoms with van der Waals surface area (Å²) in [6.45, 7) is 7.17. The average Bonchev–Trinajstić information content (AvgIpc) is 2.12. The minimum atomic E-state index is -0.876. The van der Waals surface area contributed by atoms with Crippen LogP contribution in [-0.2, 0) is 4.74 Å². The predicted molar refractivity (Wildman–Crippen MR) is 48.3 cm³/mol. The van der Waals surface area contributed by atoms with Gasteiger partial charge in [0.1, 0.15) is 12.3 Å². The van der Waals surface area contributed by atoms with Crippen LogP contribution in [-0.4, -0.2) is 30.1 Å². The second-order valence-electron chi connectivity index (χ2n) is 2.34. The van der Waals surface area contributed by atoms with Gasteiger partial charge < -0.3 is 21.3 Å². The van der Waals surface area contributed by atoms with Gasteiger partial charge in [0.05, 0.1) is 6.10 Å². The first-order chi connectivity index (χ1) is 5.65. The highest BCUT2D eigenvalue weighted by Gasteiger charge is 2.14. The monoisotopic (exact) mass is 172 g/mol. The van der Waals surface area contributed by atoms with Gasteiger partial charge in [0, 0.05) is 6.54 Å². The zero-order chi connectivity index (χ0) is 9.56. The summed E-state index contributed by atoms with van der Waals surface area (Å²) in [5, 5.41) is 9.12. The molecule has 0 amide bonds. The van der Waals surface area contributed by atoms with Crippen molar-refractivity contribution in [3.8, 4) is 0 Å². The summed E-state index contributed by atoms with van der Waals surface area (Å²) < 4.78 is 5.11. The van der Waals surface area contributed by atoms with Gasteiger partial charge in [-0.3, -0.25) is 0 Å². The van der Waals surface area contributed by atoms with Crippen molar-refractivity contribution < 1.29 is 9.84 Å². The summed E-state index contributed by atoms with van der Waals surface area (Å²) in [7, 11) is 0. The largest absolute Gasteiger partial charge is 0.385 e. The molecule has 0 aliphatic carbocycles. The molecule has 0 aromatic carbocycles. The van der Waals surface area contributed by atoms with Crippen LogP contribution in [0.15, 0.2) is 25.3 Å². The smallest absolute Gasteiger partial charge is 0.136 e. The standard InChI is InChI=1S/C8H16N2O2/c1-3-6(5-9)12-8(10)7(11)4-2/h3-4,6-8,11H,1-2,5,9-10H2. The highest BCUT2D eigenvalue weighted by atomic mass is 16.5. The van der Waals surface area contributed by atoms with Crippen molar-refractivity contribution in [1.82, 2.24) is 0 Å². The Morgan fingerprint density at radius 1 is 1.42 bits per heavy atom. The molecule has 0 heterocycles. The average molecular weight is 172 g/mol. The van der Waals surface area contributed by atoms with Crippen molar-refractivity contribution in [3.05, 3.63) is 25.3 Å². The Balaban J connectivity index is 3.87. The van der Waals surface area contributed by atoms with Gasteiger partial charge in [-0.05, 0) is 0 Å². The molecule has 0 aromatic heterocycles. The lowest BCUT2D eigenvalue weighted by Crippen LogP contribution is -2.40.